The lowest BCUT2D eigenvalue weighted by atomic mass is 10.1. The summed E-state index contributed by atoms with van der Waals surface area (Å²) in [7, 11) is 0. The summed E-state index contributed by atoms with van der Waals surface area (Å²) < 4.78 is 0. The van der Waals surface area contributed by atoms with E-state index in [9.17, 15) is 9.59 Å². The van der Waals surface area contributed by atoms with Crippen molar-refractivity contribution in [2.24, 2.45) is 4.99 Å². The molecule has 1 heterocycles. The molecule has 0 aliphatic carbocycles. The Labute approximate surface area is 140 Å². The van der Waals surface area contributed by atoms with Crippen molar-refractivity contribution < 1.29 is 9.59 Å². The summed E-state index contributed by atoms with van der Waals surface area (Å²) in [5.74, 6) is -0.376. The molecule has 2 aromatic carbocycles. The van der Waals surface area contributed by atoms with Crippen molar-refractivity contribution in [2.45, 2.75) is 20.0 Å². The second-order valence-electron chi connectivity index (χ2n) is 5.62. The highest BCUT2D eigenvalue weighted by Gasteiger charge is 2.24. The average Bonchev–Trinajstić information content (AvgIpc) is 2.65. The van der Waals surface area contributed by atoms with Crippen LogP contribution in [0.15, 0.2) is 53.5 Å². The number of anilines is 2. The first-order valence-electron chi connectivity index (χ1n) is 7.62. The lowest BCUT2D eigenvalue weighted by Crippen LogP contribution is -2.44. The van der Waals surface area contributed by atoms with Gasteiger partial charge in [0, 0.05) is 22.6 Å². The molecular weight excluding hydrogens is 304 g/mol. The first-order chi connectivity index (χ1) is 11.5. The van der Waals surface area contributed by atoms with Gasteiger partial charge in [-0.15, -0.1) is 0 Å². The molecule has 0 saturated carbocycles. The first kappa shape index (κ1) is 15.7. The molecule has 1 aliphatic heterocycles. The maximum Gasteiger partial charge on any atom is 0.321 e. The highest BCUT2D eigenvalue weighted by Crippen LogP contribution is 2.19. The van der Waals surface area contributed by atoms with Crippen molar-refractivity contribution in [1.29, 1.82) is 0 Å². The zero-order valence-corrected chi connectivity index (χ0v) is 13.5. The molecule has 0 bridgehead atoms. The second kappa shape index (κ2) is 6.54. The number of para-hydroxylation sites is 1. The van der Waals surface area contributed by atoms with E-state index < -0.39 is 12.2 Å². The SMILES string of the molecule is CC1=NC(NC(=O)Nc2cccc(C)c2)C(=O)Nc2ccccc21. The molecule has 3 amide bonds. The topological polar surface area (TPSA) is 82.6 Å². The molecule has 0 fully saturated rings. The van der Waals surface area contributed by atoms with Gasteiger partial charge in [0.2, 0.25) is 6.17 Å². The van der Waals surface area contributed by atoms with Gasteiger partial charge in [-0.05, 0) is 37.6 Å². The highest BCUT2D eigenvalue weighted by atomic mass is 16.2. The van der Waals surface area contributed by atoms with E-state index >= 15 is 0 Å². The zero-order chi connectivity index (χ0) is 17.1. The predicted octanol–water partition coefficient (Wildman–Crippen LogP) is 2.90. The minimum atomic E-state index is -0.984. The van der Waals surface area contributed by atoms with Gasteiger partial charge in [-0.1, -0.05) is 30.3 Å². The van der Waals surface area contributed by atoms with Crippen LogP contribution in [-0.4, -0.2) is 23.8 Å². The third kappa shape index (κ3) is 3.43. The van der Waals surface area contributed by atoms with Crippen LogP contribution in [0.2, 0.25) is 0 Å². The predicted molar refractivity (Wildman–Crippen MR) is 94.4 cm³/mol. The summed E-state index contributed by atoms with van der Waals surface area (Å²) >= 11 is 0. The van der Waals surface area contributed by atoms with Gasteiger partial charge in [0.15, 0.2) is 0 Å². The quantitative estimate of drug-likeness (QED) is 0.794. The monoisotopic (exact) mass is 322 g/mol. The lowest BCUT2D eigenvalue weighted by Gasteiger charge is -2.14. The molecule has 0 aromatic heterocycles. The van der Waals surface area contributed by atoms with Crippen LogP contribution in [0.1, 0.15) is 18.1 Å². The lowest BCUT2D eigenvalue weighted by molar-refractivity contribution is -0.117. The Morgan fingerprint density at radius 3 is 2.71 bits per heavy atom. The third-order valence-electron chi connectivity index (χ3n) is 3.69. The van der Waals surface area contributed by atoms with Gasteiger partial charge in [-0.2, -0.15) is 0 Å². The smallest absolute Gasteiger partial charge is 0.321 e. The van der Waals surface area contributed by atoms with Gasteiger partial charge in [0.25, 0.3) is 5.91 Å². The molecule has 2 aromatic rings. The Morgan fingerprint density at radius 1 is 1.12 bits per heavy atom. The zero-order valence-electron chi connectivity index (χ0n) is 13.5. The van der Waals surface area contributed by atoms with Gasteiger partial charge < -0.3 is 16.0 Å². The van der Waals surface area contributed by atoms with Crippen molar-refractivity contribution >= 4 is 29.0 Å². The fraction of sp³-hybridized carbons (Fsp3) is 0.167. The number of carbonyl (C=O) groups excluding carboxylic acids is 2. The van der Waals surface area contributed by atoms with Crippen molar-refractivity contribution in [3.63, 3.8) is 0 Å². The average molecular weight is 322 g/mol. The maximum absolute atomic E-state index is 12.3. The summed E-state index contributed by atoms with van der Waals surface area (Å²) in [5.41, 5.74) is 3.90. The van der Waals surface area contributed by atoms with Crippen molar-refractivity contribution in [3.05, 3.63) is 59.7 Å². The number of nitrogens with one attached hydrogen (secondary N) is 3. The number of hydrogen-bond donors (Lipinski definition) is 3. The van der Waals surface area contributed by atoms with Crippen LogP contribution in [0.3, 0.4) is 0 Å². The van der Waals surface area contributed by atoms with E-state index in [0.29, 0.717) is 17.1 Å². The van der Waals surface area contributed by atoms with E-state index in [4.69, 9.17) is 0 Å². The Hall–Kier alpha value is -3.15. The molecule has 6 nitrogen and oxygen atoms in total. The maximum atomic E-state index is 12.3. The molecule has 0 spiro atoms. The number of fused-ring (bicyclic) bond motifs is 1. The molecule has 3 rings (SSSR count). The summed E-state index contributed by atoms with van der Waals surface area (Å²) in [6.07, 6.45) is -0.984. The highest BCUT2D eigenvalue weighted by molar-refractivity contribution is 6.11. The third-order valence-corrected chi connectivity index (χ3v) is 3.69. The van der Waals surface area contributed by atoms with E-state index in [1.165, 1.54) is 0 Å². The summed E-state index contributed by atoms with van der Waals surface area (Å²) in [5, 5.41) is 8.09. The standard InChI is InChI=1S/C18H18N4O2/c1-11-6-5-7-13(10-11)20-18(24)22-16-17(23)21-15-9-4-3-8-14(15)12(2)19-16/h3-10,16H,1-2H3,(H,21,23)(H2,20,22,24). The fourth-order valence-electron chi connectivity index (χ4n) is 2.54. The van der Waals surface area contributed by atoms with Gasteiger partial charge in [0.05, 0.1) is 0 Å². The summed E-state index contributed by atoms with van der Waals surface area (Å²) in [6, 6.07) is 14.3. The van der Waals surface area contributed by atoms with Crippen LogP contribution >= 0.6 is 0 Å². The number of aryl methyl sites for hydroxylation is 1. The van der Waals surface area contributed by atoms with Crippen LogP contribution < -0.4 is 16.0 Å². The van der Waals surface area contributed by atoms with E-state index in [2.05, 4.69) is 20.9 Å². The van der Waals surface area contributed by atoms with Gasteiger partial charge in [-0.25, -0.2) is 4.79 Å². The van der Waals surface area contributed by atoms with E-state index in [1.54, 1.807) is 12.1 Å². The Morgan fingerprint density at radius 2 is 1.92 bits per heavy atom. The van der Waals surface area contributed by atoms with Crippen LogP contribution in [-0.2, 0) is 4.79 Å². The number of aliphatic imine (C=N–C) groups is 1. The molecule has 0 saturated heterocycles. The Balaban J connectivity index is 1.74. The summed E-state index contributed by atoms with van der Waals surface area (Å²) in [4.78, 5) is 28.8. The minimum absolute atomic E-state index is 0.376. The molecule has 122 valence electrons. The number of benzene rings is 2. The Bertz CT molecular complexity index is 829. The number of carbonyl (C=O) groups is 2. The van der Waals surface area contributed by atoms with Gasteiger partial charge in [-0.3, -0.25) is 9.79 Å². The molecule has 24 heavy (non-hydrogen) atoms. The molecule has 0 radical (unpaired) electrons. The molecule has 6 heteroatoms. The molecular formula is C18H18N4O2. The molecule has 1 atom stereocenters. The number of amides is 3. The number of nitrogens with zero attached hydrogens (tertiary/aromatic N) is 1. The van der Waals surface area contributed by atoms with Crippen LogP contribution in [0.4, 0.5) is 16.2 Å². The number of benzodiazepines with no additional fused rings is 1. The normalized spacial score (nSPS) is 16.3. The molecule has 1 unspecified atom stereocenters. The number of urea groups is 1. The van der Waals surface area contributed by atoms with Gasteiger partial charge in [0.1, 0.15) is 0 Å². The fourth-order valence-corrected chi connectivity index (χ4v) is 2.54. The summed E-state index contributed by atoms with van der Waals surface area (Å²) in [6.45, 7) is 3.75. The Kier molecular flexibility index (Phi) is 4.29. The van der Waals surface area contributed by atoms with Crippen molar-refractivity contribution in [1.82, 2.24) is 5.32 Å². The van der Waals surface area contributed by atoms with E-state index in [0.717, 1.165) is 11.1 Å². The van der Waals surface area contributed by atoms with E-state index in [-0.39, 0.29) is 5.91 Å². The first-order valence-corrected chi connectivity index (χ1v) is 7.62. The number of hydrogen-bond acceptors (Lipinski definition) is 3. The number of rotatable bonds is 2. The van der Waals surface area contributed by atoms with Crippen LogP contribution in [0, 0.1) is 6.92 Å². The minimum Gasteiger partial charge on any atom is -0.322 e. The van der Waals surface area contributed by atoms with Crippen molar-refractivity contribution in [2.75, 3.05) is 10.6 Å². The van der Waals surface area contributed by atoms with Crippen LogP contribution in [0.5, 0.6) is 0 Å². The van der Waals surface area contributed by atoms with Crippen LogP contribution in [0.25, 0.3) is 0 Å². The van der Waals surface area contributed by atoms with E-state index in [1.807, 2.05) is 50.2 Å². The molecule has 3 N–H and O–H groups in total. The van der Waals surface area contributed by atoms with Gasteiger partial charge >= 0.3 is 6.03 Å². The second-order valence-corrected chi connectivity index (χ2v) is 5.62. The largest absolute Gasteiger partial charge is 0.322 e. The van der Waals surface area contributed by atoms with Crippen molar-refractivity contribution in [3.8, 4) is 0 Å². The molecule has 1 aliphatic rings.